The van der Waals surface area contributed by atoms with Crippen LogP contribution in [0.3, 0.4) is 0 Å². The molecule has 0 saturated heterocycles. The summed E-state index contributed by atoms with van der Waals surface area (Å²) in [5.41, 5.74) is 8.29. The van der Waals surface area contributed by atoms with Crippen LogP contribution >= 0.6 is 0 Å². The van der Waals surface area contributed by atoms with Crippen molar-refractivity contribution in [3.63, 3.8) is 0 Å². The van der Waals surface area contributed by atoms with Gasteiger partial charge in [0.2, 0.25) is 5.52 Å². The zero-order valence-electron chi connectivity index (χ0n) is 16.8. The maximum Gasteiger partial charge on any atom is 0.219 e. The summed E-state index contributed by atoms with van der Waals surface area (Å²) < 4.78 is 11.0. The highest BCUT2D eigenvalue weighted by molar-refractivity contribution is 6.19. The molecule has 0 aliphatic heterocycles. The molecule has 0 amide bonds. The van der Waals surface area contributed by atoms with Gasteiger partial charge in [0.25, 0.3) is 0 Å². The number of nitrogens with zero attached hydrogens (tertiary/aromatic N) is 2. The topological polar surface area (TPSA) is 21.9 Å². The van der Waals surface area contributed by atoms with Gasteiger partial charge in [-0.2, -0.15) is 0 Å². The van der Waals surface area contributed by atoms with Gasteiger partial charge in [0.05, 0.1) is 16.5 Å². The third-order valence-corrected chi connectivity index (χ3v) is 6.11. The van der Waals surface area contributed by atoms with E-state index in [0.29, 0.717) is 5.92 Å². The number of fused-ring (bicyclic) bond motifs is 3. The van der Waals surface area contributed by atoms with Crippen LogP contribution in [0.2, 0.25) is 0 Å². The van der Waals surface area contributed by atoms with Crippen molar-refractivity contribution in [2.75, 3.05) is 0 Å². The van der Waals surface area contributed by atoms with Crippen molar-refractivity contribution < 1.29 is 8.98 Å². The molecule has 5 aromatic rings. The van der Waals surface area contributed by atoms with Crippen molar-refractivity contribution in [2.45, 2.75) is 33.6 Å². The molecule has 0 unspecified atom stereocenters. The summed E-state index contributed by atoms with van der Waals surface area (Å²) in [6.45, 7) is 8.86. The maximum atomic E-state index is 6.61. The Labute approximate surface area is 158 Å². The number of rotatable bonds is 1. The van der Waals surface area contributed by atoms with Crippen molar-refractivity contribution >= 4 is 43.7 Å². The Morgan fingerprint density at radius 3 is 2.56 bits per heavy atom. The van der Waals surface area contributed by atoms with Gasteiger partial charge in [-0.25, -0.2) is 4.57 Å². The highest BCUT2D eigenvalue weighted by Gasteiger charge is 2.23. The molecule has 0 N–H and O–H groups in total. The molecule has 136 valence electrons. The second kappa shape index (κ2) is 5.35. The Balaban J connectivity index is 2.14. The minimum Gasteiger partial charge on any atom is -0.455 e. The van der Waals surface area contributed by atoms with E-state index in [1.54, 1.807) is 0 Å². The molecule has 0 radical (unpaired) electrons. The fraction of sp³-hybridized carbons (Fsp3) is 0.292. The van der Waals surface area contributed by atoms with E-state index in [2.05, 4.69) is 87.6 Å². The Morgan fingerprint density at radius 1 is 1.04 bits per heavy atom. The van der Waals surface area contributed by atoms with Crippen LogP contribution in [-0.4, -0.2) is 4.57 Å². The summed E-state index contributed by atoms with van der Waals surface area (Å²) in [7, 11) is 4.24. The zero-order chi connectivity index (χ0) is 19.0. The Bertz CT molecular complexity index is 1380. The Morgan fingerprint density at radius 2 is 1.81 bits per heavy atom. The lowest BCUT2D eigenvalue weighted by Crippen LogP contribution is -2.25. The lowest BCUT2D eigenvalue weighted by molar-refractivity contribution is -0.642. The van der Waals surface area contributed by atoms with Gasteiger partial charge in [-0.1, -0.05) is 19.9 Å². The predicted molar refractivity (Wildman–Crippen MR) is 112 cm³/mol. The molecule has 0 fully saturated rings. The largest absolute Gasteiger partial charge is 0.455 e. The average molecular weight is 357 g/mol. The lowest BCUT2D eigenvalue weighted by atomic mass is 9.95. The molecule has 27 heavy (non-hydrogen) atoms. The SMILES string of the molecule is Cc1c2cc[n+](C)c2c(C)c2oc3cc(C(C)C)cc4ccn(C)c(c12)c43. The van der Waals surface area contributed by atoms with E-state index < -0.39 is 0 Å². The molecule has 0 aliphatic carbocycles. The van der Waals surface area contributed by atoms with E-state index in [1.807, 2.05) is 0 Å². The summed E-state index contributed by atoms with van der Waals surface area (Å²) in [4.78, 5) is 0. The van der Waals surface area contributed by atoms with Crippen molar-refractivity contribution in [1.82, 2.24) is 4.57 Å². The number of aryl methyl sites for hydroxylation is 4. The minimum atomic E-state index is 0.464. The lowest BCUT2D eigenvalue weighted by Gasteiger charge is -2.17. The van der Waals surface area contributed by atoms with Crippen molar-refractivity contribution in [3.8, 4) is 0 Å². The van der Waals surface area contributed by atoms with Crippen LogP contribution in [0.25, 0.3) is 43.7 Å². The second-order valence-electron chi connectivity index (χ2n) is 8.16. The van der Waals surface area contributed by atoms with E-state index in [-0.39, 0.29) is 0 Å². The number of aromatic nitrogens is 2. The number of hydrogen-bond acceptors (Lipinski definition) is 1. The molecule has 3 nitrogen and oxygen atoms in total. The third-order valence-electron chi connectivity index (χ3n) is 6.11. The Kier molecular flexibility index (Phi) is 3.24. The van der Waals surface area contributed by atoms with Crippen LogP contribution in [-0.2, 0) is 14.1 Å². The normalized spacial score (nSPS) is 12.4. The first-order chi connectivity index (χ1) is 12.9. The smallest absolute Gasteiger partial charge is 0.219 e. The highest BCUT2D eigenvalue weighted by Crippen LogP contribution is 2.40. The highest BCUT2D eigenvalue weighted by atomic mass is 16.3. The summed E-state index contributed by atoms with van der Waals surface area (Å²) in [6, 6.07) is 8.95. The summed E-state index contributed by atoms with van der Waals surface area (Å²) in [5, 5.41) is 5.00. The summed E-state index contributed by atoms with van der Waals surface area (Å²) in [6.07, 6.45) is 4.31. The number of hydrogen-bond donors (Lipinski definition) is 0. The van der Waals surface area contributed by atoms with Crippen LogP contribution in [0, 0.1) is 13.8 Å². The molecule has 0 atom stereocenters. The van der Waals surface area contributed by atoms with Gasteiger partial charge in [0.1, 0.15) is 18.2 Å². The van der Waals surface area contributed by atoms with Gasteiger partial charge >= 0.3 is 0 Å². The number of pyridine rings is 1. The summed E-state index contributed by atoms with van der Waals surface area (Å²) in [5.74, 6) is 0.464. The van der Waals surface area contributed by atoms with Crippen LogP contribution in [0.5, 0.6) is 0 Å². The quantitative estimate of drug-likeness (QED) is 0.211. The predicted octanol–water partition coefficient (Wildman–Crippen LogP) is 5.80. The first-order valence-electron chi connectivity index (χ1n) is 9.61. The second-order valence-corrected chi connectivity index (χ2v) is 8.16. The Hall–Kier alpha value is -2.81. The molecule has 2 aromatic carbocycles. The maximum absolute atomic E-state index is 6.61. The van der Waals surface area contributed by atoms with Gasteiger partial charge in [-0.3, -0.25) is 0 Å². The molecule has 3 heterocycles. The zero-order valence-corrected chi connectivity index (χ0v) is 16.8. The molecule has 0 aliphatic rings. The van der Waals surface area contributed by atoms with E-state index in [9.17, 15) is 0 Å². The van der Waals surface area contributed by atoms with Crippen molar-refractivity contribution in [1.29, 1.82) is 0 Å². The van der Waals surface area contributed by atoms with E-state index in [0.717, 1.165) is 11.2 Å². The third kappa shape index (κ3) is 2.05. The molecule has 5 rings (SSSR count). The first kappa shape index (κ1) is 16.4. The van der Waals surface area contributed by atoms with Crippen LogP contribution < -0.4 is 4.57 Å². The van der Waals surface area contributed by atoms with Crippen LogP contribution in [0.4, 0.5) is 0 Å². The average Bonchev–Trinajstić information content (AvgIpc) is 3.03. The fourth-order valence-corrected chi connectivity index (χ4v) is 4.62. The van der Waals surface area contributed by atoms with Gasteiger partial charge in [-0.05, 0) is 48.4 Å². The van der Waals surface area contributed by atoms with Crippen molar-refractivity contribution in [3.05, 3.63) is 53.3 Å². The molecule has 0 saturated carbocycles. The standard InChI is InChI=1S/C24H25N2O/c1-13(2)17-11-16-7-9-26(6)23-20-14(3)18-8-10-25(5)22(18)15(4)24(20)27-19(12-17)21(16)23/h7-13H,1-6H3/q+1. The molecular formula is C24H25N2O+. The van der Waals surface area contributed by atoms with Gasteiger partial charge < -0.3 is 8.98 Å². The molecule has 0 bridgehead atoms. The van der Waals surface area contributed by atoms with Crippen LogP contribution in [0.15, 0.2) is 41.1 Å². The molecule has 3 heteroatoms. The fourth-order valence-electron chi connectivity index (χ4n) is 4.62. The molecule has 3 aromatic heterocycles. The summed E-state index contributed by atoms with van der Waals surface area (Å²) >= 11 is 0. The van der Waals surface area contributed by atoms with Crippen LogP contribution in [0.1, 0.15) is 36.5 Å². The van der Waals surface area contributed by atoms with E-state index in [4.69, 9.17) is 4.42 Å². The van der Waals surface area contributed by atoms with Gasteiger partial charge in [0, 0.05) is 30.1 Å². The van der Waals surface area contributed by atoms with E-state index >= 15 is 0 Å². The monoisotopic (exact) mass is 357 g/mol. The molecule has 0 spiro atoms. The minimum absolute atomic E-state index is 0.464. The van der Waals surface area contributed by atoms with E-state index in [1.165, 1.54) is 49.3 Å². The number of benzene rings is 2. The van der Waals surface area contributed by atoms with Crippen molar-refractivity contribution in [2.24, 2.45) is 14.1 Å². The van der Waals surface area contributed by atoms with Gasteiger partial charge in [-0.15, -0.1) is 0 Å². The molecular weight excluding hydrogens is 332 g/mol. The first-order valence-corrected chi connectivity index (χ1v) is 9.61. The van der Waals surface area contributed by atoms with Gasteiger partial charge in [0.15, 0.2) is 6.20 Å².